The molecule has 1 aromatic rings. The summed E-state index contributed by atoms with van der Waals surface area (Å²) < 4.78 is 6.16. The molecular formula is C14H23N3O2Si. The molecule has 0 aliphatic carbocycles. The van der Waals surface area contributed by atoms with Crippen molar-refractivity contribution in [3.63, 3.8) is 0 Å². The maximum atomic E-state index is 9.81. The molecule has 0 unspecified atom stereocenters. The second kappa shape index (κ2) is 6.30. The van der Waals surface area contributed by atoms with E-state index in [0.29, 0.717) is 0 Å². The van der Waals surface area contributed by atoms with Gasteiger partial charge in [0.05, 0.1) is 12.6 Å². The molecule has 0 radical (unpaired) electrons. The molecule has 1 rings (SSSR count). The molecule has 0 aromatic heterocycles. The van der Waals surface area contributed by atoms with Gasteiger partial charge >= 0.3 is 0 Å². The molecule has 0 fully saturated rings. The Morgan fingerprint density at radius 3 is 2.30 bits per heavy atom. The molecule has 6 heteroatoms. The Labute approximate surface area is 121 Å². The van der Waals surface area contributed by atoms with Crippen molar-refractivity contribution in [3.8, 4) is 5.75 Å². The van der Waals surface area contributed by atoms with E-state index in [-0.39, 0.29) is 11.6 Å². The number of hydrogen-bond donors (Lipinski definition) is 1. The molecule has 1 atom stereocenters. The number of benzene rings is 1. The Kier molecular flexibility index (Phi) is 5.22. The minimum absolute atomic E-state index is 0.0406. The van der Waals surface area contributed by atoms with Crippen molar-refractivity contribution in [2.75, 3.05) is 6.54 Å². The van der Waals surface area contributed by atoms with E-state index >= 15 is 0 Å². The molecular weight excluding hydrogens is 270 g/mol. The Morgan fingerprint density at radius 2 is 1.85 bits per heavy atom. The molecule has 0 saturated carbocycles. The van der Waals surface area contributed by atoms with Crippen molar-refractivity contribution >= 4 is 8.32 Å². The van der Waals surface area contributed by atoms with E-state index in [4.69, 9.17) is 9.96 Å². The summed E-state index contributed by atoms with van der Waals surface area (Å²) in [7, 11) is -1.84. The van der Waals surface area contributed by atoms with E-state index in [1.807, 2.05) is 12.1 Å². The van der Waals surface area contributed by atoms with Crippen molar-refractivity contribution in [2.24, 2.45) is 5.11 Å². The van der Waals surface area contributed by atoms with Gasteiger partial charge in [-0.15, -0.1) is 0 Å². The van der Waals surface area contributed by atoms with Gasteiger partial charge in [0.1, 0.15) is 5.75 Å². The van der Waals surface area contributed by atoms with Crippen LogP contribution in [0.25, 0.3) is 10.4 Å². The summed E-state index contributed by atoms with van der Waals surface area (Å²) >= 11 is 0. The number of rotatable bonds is 5. The van der Waals surface area contributed by atoms with E-state index in [9.17, 15) is 5.11 Å². The van der Waals surface area contributed by atoms with Crippen LogP contribution >= 0.6 is 0 Å². The lowest BCUT2D eigenvalue weighted by molar-refractivity contribution is 0.186. The lowest BCUT2D eigenvalue weighted by atomic mass is 10.1. The fourth-order valence-electron chi connectivity index (χ4n) is 1.43. The van der Waals surface area contributed by atoms with E-state index < -0.39 is 14.4 Å². The van der Waals surface area contributed by atoms with Gasteiger partial charge in [-0.25, -0.2) is 0 Å². The standard InChI is InChI=1S/C14H23N3O2Si/c1-14(2,3)20(4,5)19-12-8-6-11(7-9-12)13(18)10-16-17-15/h6-9,13,18H,10H2,1-5H3/t13-/m1/s1. The first-order chi connectivity index (χ1) is 9.17. The minimum Gasteiger partial charge on any atom is -0.544 e. The van der Waals surface area contributed by atoms with Crippen molar-refractivity contribution in [2.45, 2.75) is 45.0 Å². The summed E-state index contributed by atoms with van der Waals surface area (Å²) in [5, 5.41) is 13.3. The van der Waals surface area contributed by atoms with Gasteiger partial charge in [-0.3, -0.25) is 0 Å². The molecule has 0 heterocycles. The highest BCUT2D eigenvalue weighted by molar-refractivity contribution is 6.74. The van der Waals surface area contributed by atoms with Crippen molar-refractivity contribution in [1.82, 2.24) is 0 Å². The monoisotopic (exact) mass is 293 g/mol. The van der Waals surface area contributed by atoms with Crippen LogP contribution < -0.4 is 4.43 Å². The maximum Gasteiger partial charge on any atom is 0.250 e. The van der Waals surface area contributed by atoms with Crippen molar-refractivity contribution < 1.29 is 9.53 Å². The van der Waals surface area contributed by atoms with Crippen LogP contribution in [0.1, 0.15) is 32.4 Å². The number of azide groups is 1. The predicted molar refractivity (Wildman–Crippen MR) is 83.2 cm³/mol. The quantitative estimate of drug-likeness (QED) is 0.377. The zero-order chi connectivity index (χ0) is 15.4. The summed E-state index contributed by atoms with van der Waals surface area (Å²) in [4.78, 5) is 2.64. The summed E-state index contributed by atoms with van der Waals surface area (Å²) in [6.45, 7) is 11.0. The molecule has 0 spiro atoms. The molecule has 0 amide bonds. The average molecular weight is 293 g/mol. The Balaban J connectivity index is 2.79. The fourth-order valence-corrected chi connectivity index (χ4v) is 2.46. The summed E-state index contributed by atoms with van der Waals surface area (Å²) in [6.07, 6.45) is -0.771. The second-order valence-corrected chi connectivity index (χ2v) is 11.1. The molecule has 1 N–H and O–H groups in total. The van der Waals surface area contributed by atoms with Gasteiger partial charge in [0.25, 0.3) is 0 Å². The first-order valence-electron chi connectivity index (χ1n) is 6.65. The lowest BCUT2D eigenvalue weighted by Crippen LogP contribution is -2.43. The number of nitrogens with zero attached hydrogens (tertiary/aromatic N) is 3. The van der Waals surface area contributed by atoms with Gasteiger partial charge in [-0.05, 0) is 41.4 Å². The molecule has 0 bridgehead atoms. The molecule has 1 aromatic carbocycles. The van der Waals surface area contributed by atoms with Gasteiger partial charge in [0.15, 0.2) is 0 Å². The summed E-state index contributed by atoms with van der Waals surface area (Å²) in [5.74, 6) is 0.816. The highest BCUT2D eigenvalue weighted by Crippen LogP contribution is 2.37. The fraction of sp³-hybridized carbons (Fsp3) is 0.571. The molecule has 110 valence electrons. The maximum absolute atomic E-state index is 9.81. The van der Waals surface area contributed by atoms with Crippen LogP contribution in [-0.2, 0) is 0 Å². The molecule has 0 saturated heterocycles. The molecule has 0 aliphatic rings. The van der Waals surface area contributed by atoms with Crippen LogP contribution in [0, 0.1) is 0 Å². The van der Waals surface area contributed by atoms with E-state index in [1.54, 1.807) is 12.1 Å². The van der Waals surface area contributed by atoms with Gasteiger partial charge in [0.2, 0.25) is 8.32 Å². The summed E-state index contributed by atoms with van der Waals surface area (Å²) in [5.41, 5.74) is 8.96. The number of aliphatic hydroxyl groups is 1. The second-order valence-electron chi connectivity index (χ2n) is 6.36. The van der Waals surface area contributed by atoms with Gasteiger partial charge in [-0.2, -0.15) is 0 Å². The first kappa shape index (κ1) is 16.6. The smallest absolute Gasteiger partial charge is 0.250 e. The molecule has 20 heavy (non-hydrogen) atoms. The third-order valence-electron chi connectivity index (χ3n) is 3.76. The van der Waals surface area contributed by atoms with Gasteiger partial charge in [0, 0.05) is 4.91 Å². The van der Waals surface area contributed by atoms with E-state index in [0.717, 1.165) is 11.3 Å². The van der Waals surface area contributed by atoms with E-state index in [1.165, 1.54) is 0 Å². The normalized spacial score (nSPS) is 13.5. The SMILES string of the molecule is CC(C)(C)[Si](C)(C)Oc1ccc([C@H](O)CN=[N+]=[N-])cc1. The zero-order valence-electron chi connectivity index (χ0n) is 12.8. The minimum atomic E-state index is -1.84. The Morgan fingerprint density at radius 1 is 1.30 bits per heavy atom. The highest BCUT2D eigenvalue weighted by Gasteiger charge is 2.38. The van der Waals surface area contributed by atoms with Crippen LogP contribution in [-0.4, -0.2) is 20.0 Å². The van der Waals surface area contributed by atoms with Crippen molar-refractivity contribution in [1.29, 1.82) is 0 Å². The highest BCUT2D eigenvalue weighted by atomic mass is 28.4. The van der Waals surface area contributed by atoms with E-state index in [2.05, 4.69) is 43.9 Å². The Bertz CT molecular complexity index is 488. The van der Waals surface area contributed by atoms with Gasteiger partial charge in [-0.1, -0.05) is 38.0 Å². The first-order valence-corrected chi connectivity index (χ1v) is 9.56. The third kappa shape index (κ3) is 4.26. The molecule has 0 aliphatic heterocycles. The van der Waals surface area contributed by atoms with Crippen LogP contribution in [0.5, 0.6) is 5.75 Å². The largest absolute Gasteiger partial charge is 0.544 e. The average Bonchev–Trinajstić information content (AvgIpc) is 2.35. The van der Waals surface area contributed by atoms with Crippen LogP contribution in [0.15, 0.2) is 29.4 Å². The lowest BCUT2D eigenvalue weighted by Gasteiger charge is -2.36. The van der Waals surface area contributed by atoms with Crippen LogP contribution in [0.4, 0.5) is 0 Å². The predicted octanol–water partition coefficient (Wildman–Crippen LogP) is 4.41. The number of aliphatic hydroxyl groups excluding tert-OH is 1. The summed E-state index contributed by atoms with van der Waals surface area (Å²) in [6, 6.07) is 7.32. The number of hydrogen-bond acceptors (Lipinski definition) is 3. The Hall–Kier alpha value is -1.49. The third-order valence-corrected chi connectivity index (χ3v) is 8.12. The zero-order valence-corrected chi connectivity index (χ0v) is 13.8. The van der Waals surface area contributed by atoms with Crippen LogP contribution in [0.2, 0.25) is 18.1 Å². The topological polar surface area (TPSA) is 78.2 Å². The van der Waals surface area contributed by atoms with Crippen LogP contribution in [0.3, 0.4) is 0 Å². The van der Waals surface area contributed by atoms with Crippen molar-refractivity contribution in [3.05, 3.63) is 40.3 Å². The van der Waals surface area contributed by atoms with Gasteiger partial charge < -0.3 is 9.53 Å². The molecule has 5 nitrogen and oxygen atoms in total.